The number of amides is 2. The summed E-state index contributed by atoms with van der Waals surface area (Å²) in [7, 11) is 0. The Morgan fingerprint density at radius 1 is 0.931 bits per heavy atom. The Hall–Kier alpha value is -1.75. The first-order chi connectivity index (χ1) is 14.1. The molecular formula is C23H21Cl2NO2S. The first-order valence-corrected chi connectivity index (χ1v) is 11.5. The fourth-order valence-corrected chi connectivity index (χ4v) is 5.56. The number of hydrogen-bond donors (Lipinski definition) is 0. The van der Waals surface area contributed by atoms with Gasteiger partial charge in [-0.05, 0) is 30.5 Å². The van der Waals surface area contributed by atoms with E-state index in [4.69, 9.17) is 23.2 Å². The molecule has 1 heterocycles. The summed E-state index contributed by atoms with van der Waals surface area (Å²) < 4.78 is 0. The Morgan fingerprint density at radius 2 is 1.66 bits per heavy atom. The number of rotatable bonds is 5. The maximum atomic E-state index is 13.4. The molecule has 2 amide bonds. The molecule has 0 N–H and O–H groups in total. The van der Waals surface area contributed by atoms with E-state index >= 15 is 0 Å². The Balaban J connectivity index is 1.71. The highest BCUT2D eigenvalue weighted by atomic mass is 35.5. The van der Waals surface area contributed by atoms with Gasteiger partial charge < -0.3 is 0 Å². The molecule has 1 saturated carbocycles. The van der Waals surface area contributed by atoms with Gasteiger partial charge in [-0.25, -0.2) is 0 Å². The van der Waals surface area contributed by atoms with Crippen LogP contribution in [0.15, 0.2) is 53.4 Å². The molecule has 6 heteroatoms. The molecule has 1 aliphatic heterocycles. The Kier molecular flexibility index (Phi) is 6.33. The lowest BCUT2D eigenvalue weighted by Crippen LogP contribution is -2.42. The maximum absolute atomic E-state index is 13.4. The van der Waals surface area contributed by atoms with Crippen LogP contribution in [0, 0.1) is 0 Å². The van der Waals surface area contributed by atoms with Crippen LogP contribution in [0.2, 0.25) is 10.0 Å². The summed E-state index contributed by atoms with van der Waals surface area (Å²) in [6, 6.07) is 15.0. The number of carbonyl (C=O) groups is 2. The van der Waals surface area contributed by atoms with Crippen molar-refractivity contribution in [1.29, 1.82) is 0 Å². The standard InChI is InChI=1S/C23H21Cl2NO2S/c24-16-11-12-18(19(25)13-16)20-21(29-14-15-7-3-1-4-8-15)23(28)26(22(20)27)17-9-5-2-6-10-17/h1,3-4,7-8,11-13,17H,2,5-6,9-10,14H2. The number of imide groups is 1. The minimum atomic E-state index is -0.235. The van der Waals surface area contributed by atoms with E-state index < -0.39 is 0 Å². The zero-order valence-electron chi connectivity index (χ0n) is 15.9. The molecule has 0 aromatic heterocycles. The molecule has 3 nitrogen and oxygen atoms in total. The SMILES string of the molecule is O=C1C(SCc2ccccc2)=C(c2ccc(Cl)cc2Cl)C(=O)N1C1CCCCC1. The molecular weight excluding hydrogens is 425 g/mol. The van der Waals surface area contributed by atoms with Gasteiger partial charge in [0.2, 0.25) is 0 Å². The lowest BCUT2D eigenvalue weighted by molar-refractivity contribution is -0.139. The molecule has 0 unspecified atom stereocenters. The van der Waals surface area contributed by atoms with Crippen molar-refractivity contribution in [1.82, 2.24) is 4.90 Å². The molecule has 0 radical (unpaired) electrons. The smallest absolute Gasteiger partial charge is 0.268 e. The molecule has 0 atom stereocenters. The van der Waals surface area contributed by atoms with Gasteiger partial charge in [0.25, 0.3) is 11.8 Å². The van der Waals surface area contributed by atoms with Crippen LogP contribution in [0.1, 0.15) is 43.2 Å². The molecule has 2 aromatic rings. The largest absolute Gasteiger partial charge is 0.271 e. The number of benzene rings is 2. The minimum absolute atomic E-state index is 0.0281. The van der Waals surface area contributed by atoms with Crippen molar-refractivity contribution >= 4 is 52.4 Å². The van der Waals surface area contributed by atoms with Gasteiger partial charge >= 0.3 is 0 Å². The molecule has 0 bridgehead atoms. The van der Waals surface area contributed by atoms with E-state index in [9.17, 15) is 9.59 Å². The van der Waals surface area contributed by atoms with Crippen LogP contribution in [-0.2, 0) is 15.3 Å². The normalized spacial score (nSPS) is 18.1. The van der Waals surface area contributed by atoms with Gasteiger partial charge in [0.1, 0.15) is 0 Å². The van der Waals surface area contributed by atoms with Crippen molar-refractivity contribution in [2.24, 2.45) is 0 Å². The van der Waals surface area contributed by atoms with Crippen LogP contribution in [0.4, 0.5) is 0 Å². The highest BCUT2D eigenvalue weighted by Gasteiger charge is 2.43. The fraction of sp³-hybridized carbons (Fsp3) is 0.304. The number of halogens is 2. The van der Waals surface area contributed by atoms with Gasteiger partial charge in [0.05, 0.1) is 15.5 Å². The van der Waals surface area contributed by atoms with Crippen molar-refractivity contribution in [3.8, 4) is 0 Å². The number of nitrogens with zero attached hydrogens (tertiary/aromatic N) is 1. The van der Waals surface area contributed by atoms with E-state index in [1.54, 1.807) is 18.2 Å². The summed E-state index contributed by atoms with van der Waals surface area (Å²) in [5.74, 6) is 0.188. The Labute approximate surface area is 185 Å². The van der Waals surface area contributed by atoms with E-state index in [0.717, 1.165) is 37.7 Å². The average molecular weight is 446 g/mol. The third kappa shape index (κ3) is 4.25. The monoisotopic (exact) mass is 445 g/mol. The van der Waals surface area contributed by atoms with Gasteiger partial charge in [-0.3, -0.25) is 14.5 Å². The molecule has 1 aliphatic carbocycles. The predicted molar refractivity (Wildman–Crippen MR) is 120 cm³/mol. The number of carbonyl (C=O) groups excluding carboxylic acids is 2. The Morgan fingerprint density at radius 3 is 2.34 bits per heavy atom. The van der Waals surface area contributed by atoms with E-state index in [1.807, 2.05) is 30.3 Å². The van der Waals surface area contributed by atoms with Gasteiger partial charge in [-0.2, -0.15) is 0 Å². The summed E-state index contributed by atoms with van der Waals surface area (Å²) in [6.45, 7) is 0. The van der Waals surface area contributed by atoms with Crippen molar-refractivity contribution in [3.05, 3.63) is 74.6 Å². The van der Waals surface area contributed by atoms with Crippen LogP contribution < -0.4 is 0 Å². The molecule has 2 aliphatic rings. The van der Waals surface area contributed by atoms with Gasteiger partial charge in [0, 0.05) is 22.4 Å². The van der Waals surface area contributed by atoms with E-state index in [2.05, 4.69) is 0 Å². The summed E-state index contributed by atoms with van der Waals surface area (Å²) in [5.41, 5.74) is 2.08. The van der Waals surface area contributed by atoms with E-state index in [-0.39, 0.29) is 17.9 Å². The number of thioether (sulfide) groups is 1. The van der Waals surface area contributed by atoms with Crippen molar-refractivity contribution in [2.75, 3.05) is 0 Å². The van der Waals surface area contributed by atoms with Crippen molar-refractivity contribution < 1.29 is 9.59 Å². The summed E-state index contributed by atoms with van der Waals surface area (Å²) in [6.07, 6.45) is 4.99. The maximum Gasteiger partial charge on any atom is 0.268 e. The summed E-state index contributed by atoms with van der Waals surface area (Å²) in [5, 5.41) is 0.885. The quantitative estimate of drug-likeness (QED) is 0.503. The lowest BCUT2D eigenvalue weighted by atomic mass is 9.94. The van der Waals surface area contributed by atoms with Crippen LogP contribution in [0.25, 0.3) is 5.57 Å². The second kappa shape index (κ2) is 8.95. The Bertz CT molecular complexity index is 968. The molecule has 4 rings (SSSR count). The topological polar surface area (TPSA) is 37.4 Å². The fourth-order valence-electron chi connectivity index (χ4n) is 3.99. The van der Waals surface area contributed by atoms with E-state index in [0.29, 0.717) is 31.8 Å². The van der Waals surface area contributed by atoms with Crippen molar-refractivity contribution in [2.45, 2.75) is 43.9 Å². The van der Waals surface area contributed by atoms with Gasteiger partial charge in [-0.1, -0.05) is 78.9 Å². The minimum Gasteiger partial charge on any atom is -0.271 e. The predicted octanol–water partition coefficient (Wildman–Crippen LogP) is 6.34. The highest BCUT2D eigenvalue weighted by Crippen LogP contribution is 2.42. The van der Waals surface area contributed by atoms with Crippen LogP contribution >= 0.6 is 35.0 Å². The van der Waals surface area contributed by atoms with Gasteiger partial charge in [0.15, 0.2) is 0 Å². The molecule has 29 heavy (non-hydrogen) atoms. The molecule has 0 spiro atoms. The van der Waals surface area contributed by atoms with Gasteiger partial charge in [-0.15, -0.1) is 11.8 Å². The zero-order chi connectivity index (χ0) is 20.4. The molecule has 2 aromatic carbocycles. The van der Waals surface area contributed by atoms with Crippen molar-refractivity contribution in [3.63, 3.8) is 0 Å². The highest BCUT2D eigenvalue weighted by molar-refractivity contribution is 8.03. The number of hydrogen-bond acceptors (Lipinski definition) is 3. The molecule has 1 fully saturated rings. The second-order valence-corrected chi connectivity index (χ2v) is 9.20. The first kappa shape index (κ1) is 20.5. The van der Waals surface area contributed by atoms with Crippen LogP contribution in [-0.4, -0.2) is 22.8 Å². The first-order valence-electron chi connectivity index (χ1n) is 9.80. The zero-order valence-corrected chi connectivity index (χ0v) is 18.2. The average Bonchev–Trinajstić information content (AvgIpc) is 2.97. The molecule has 150 valence electrons. The third-order valence-corrected chi connectivity index (χ3v) is 7.13. The van der Waals surface area contributed by atoms with Crippen LogP contribution in [0.3, 0.4) is 0 Å². The summed E-state index contributed by atoms with van der Waals surface area (Å²) >= 11 is 13.9. The lowest BCUT2D eigenvalue weighted by Gasteiger charge is -2.30. The third-order valence-electron chi connectivity index (χ3n) is 5.44. The summed E-state index contributed by atoms with van der Waals surface area (Å²) in [4.78, 5) is 28.7. The second-order valence-electron chi connectivity index (χ2n) is 7.37. The van der Waals surface area contributed by atoms with Crippen LogP contribution in [0.5, 0.6) is 0 Å². The van der Waals surface area contributed by atoms with E-state index in [1.165, 1.54) is 16.7 Å². The molecule has 0 saturated heterocycles.